The fourth-order valence-electron chi connectivity index (χ4n) is 3.89. The van der Waals surface area contributed by atoms with Gasteiger partial charge in [-0.25, -0.2) is 0 Å². The predicted molar refractivity (Wildman–Crippen MR) is 85.3 cm³/mol. The second-order valence-electron chi connectivity index (χ2n) is 6.42. The first-order valence-electron chi connectivity index (χ1n) is 8.25. The smallest absolute Gasteiger partial charge is 0.0697 e. The van der Waals surface area contributed by atoms with E-state index >= 15 is 0 Å². The van der Waals surface area contributed by atoms with E-state index in [-0.39, 0.29) is 5.60 Å². The van der Waals surface area contributed by atoms with E-state index in [2.05, 4.69) is 29.8 Å². The third-order valence-corrected chi connectivity index (χ3v) is 5.98. The Morgan fingerprint density at radius 2 is 2.25 bits per heavy atom. The molecule has 1 aromatic heterocycles. The molecular weight excluding hydrogens is 266 g/mol. The fraction of sp³-hybridized carbons (Fsp3) is 0.765. The van der Waals surface area contributed by atoms with Crippen LogP contribution in [-0.4, -0.2) is 18.2 Å². The predicted octanol–water partition coefficient (Wildman–Crippen LogP) is 4.67. The second-order valence-corrected chi connectivity index (χ2v) is 7.40. The number of ether oxygens (including phenoxy) is 1. The van der Waals surface area contributed by atoms with E-state index in [1.54, 1.807) is 0 Å². The highest BCUT2D eigenvalue weighted by Gasteiger charge is 2.38. The monoisotopic (exact) mass is 293 g/mol. The van der Waals surface area contributed by atoms with Gasteiger partial charge in [0.1, 0.15) is 0 Å². The van der Waals surface area contributed by atoms with E-state index in [0.717, 1.165) is 6.61 Å². The van der Waals surface area contributed by atoms with Crippen LogP contribution in [0.2, 0.25) is 0 Å². The summed E-state index contributed by atoms with van der Waals surface area (Å²) < 4.78 is 6.21. The maximum absolute atomic E-state index is 6.21. The van der Waals surface area contributed by atoms with Gasteiger partial charge in [-0.2, -0.15) is 0 Å². The van der Waals surface area contributed by atoms with Crippen molar-refractivity contribution in [2.75, 3.05) is 6.61 Å². The normalized spacial score (nSPS) is 27.6. The molecule has 0 radical (unpaired) electrons. The molecule has 20 heavy (non-hydrogen) atoms. The molecule has 0 aromatic carbocycles. The minimum atomic E-state index is 0.210. The standard InChI is InChI=1S/C17H27NOS/c1-2-15(16-7-6-12-20-16)18-14-8-11-19-17(13-14)9-4-3-5-10-17/h6-7,12,14-15,18H,2-5,8-11,13H2,1H3. The van der Waals surface area contributed by atoms with Crippen LogP contribution in [0.25, 0.3) is 0 Å². The largest absolute Gasteiger partial charge is 0.375 e. The van der Waals surface area contributed by atoms with Gasteiger partial charge in [-0.1, -0.05) is 32.3 Å². The van der Waals surface area contributed by atoms with Gasteiger partial charge in [-0.15, -0.1) is 11.3 Å². The zero-order valence-electron chi connectivity index (χ0n) is 12.6. The van der Waals surface area contributed by atoms with E-state index in [0.29, 0.717) is 12.1 Å². The number of rotatable bonds is 4. The zero-order valence-corrected chi connectivity index (χ0v) is 13.4. The minimum absolute atomic E-state index is 0.210. The van der Waals surface area contributed by atoms with Crippen molar-refractivity contribution in [3.05, 3.63) is 22.4 Å². The first-order valence-corrected chi connectivity index (χ1v) is 9.13. The van der Waals surface area contributed by atoms with Crippen LogP contribution < -0.4 is 5.32 Å². The highest BCUT2D eigenvalue weighted by molar-refractivity contribution is 7.10. The Morgan fingerprint density at radius 3 is 2.95 bits per heavy atom. The Bertz CT molecular complexity index is 392. The first kappa shape index (κ1) is 14.6. The van der Waals surface area contributed by atoms with Gasteiger partial charge in [-0.05, 0) is 43.6 Å². The Balaban J connectivity index is 1.62. The summed E-state index contributed by atoms with van der Waals surface area (Å²) in [5.74, 6) is 0. The molecule has 1 aliphatic carbocycles. The first-order chi connectivity index (χ1) is 9.81. The fourth-order valence-corrected chi connectivity index (χ4v) is 4.76. The van der Waals surface area contributed by atoms with Crippen LogP contribution in [-0.2, 0) is 4.74 Å². The van der Waals surface area contributed by atoms with Crippen molar-refractivity contribution in [1.82, 2.24) is 5.32 Å². The van der Waals surface area contributed by atoms with Crippen LogP contribution in [0.4, 0.5) is 0 Å². The summed E-state index contributed by atoms with van der Waals surface area (Å²) in [6, 6.07) is 5.59. The number of nitrogens with one attached hydrogen (secondary N) is 1. The van der Waals surface area contributed by atoms with E-state index in [9.17, 15) is 0 Å². The molecule has 2 heterocycles. The lowest BCUT2D eigenvalue weighted by atomic mass is 9.78. The molecule has 2 fully saturated rings. The molecule has 1 spiro atoms. The van der Waals surface area contributed by atoms with Crippen LogP contribution in [0.5, 0.6) is 0 Å². The number of hydrogen-bond donors (Lipinski definition) is 1. The lowest BCUT2D eigenvalue weighted by molar-refractivity contribution is -0.110. The van der Waals surface area contributed by atoms with Gasteiger partial charge in [0.05, 0.1) is 5.60 Å². The van der Waals surface area contributed by atoms with Crippen LogP contribution in [0, 0.1) is 0 Å². The second kappa shape index (κ2) is 6.59. The molecule has 1 aliphatic heterocycles. The summed E-state index contributed by atoms with van der Waals surface area (Å²) in [4.78, 5) is 1.48. The Hall–Kier alpha value is -0.380. The molecule has 3 rings (SSSR count). The van der Waals surface area contributed by atoms with E-state index in [1.165, 1.54) is 56.2 Å². The lowest BCUT2D eigenvalue weighted by Crippen LogP contribution is -2.48. The van der Waals surface area contributed by atoms with Gasteiger partial charge < -0.3 is 10.1 Å². The molecule has 0 amide bonds. The van der Waals surface area contributed by atoms with Crippen LogP contribution in [0.15, 0.2) is 17.5 Å². The summed E-state index contributed by atoms with van der Waals surface area (Å²) in [5, 5.41) is 6.10. The van der Waals surface area contributed by atoms with Crippen molar-refractivity contribution in [2.24, 2.45) is 0 Å². The van der Waals surface area contributed by atoms with Crippen molar-refractivity contribution in [2.45, 2.75) is 76.0 Å². The number of hydrogen-bond acceptors (Lipinski definition) is 3. The zero-order chi connectivity index (χ0) is 13.8. The summed E-state index contributed by atoms with van der Waals surface area (Å²) in [6.07, 6.45) is 10.2. The topological polar surface area (TPSA) is 21.3 Å². The summed E-state index contributed by atoms with van der Waals surface area (Å²) in [7, 11) is 0. The van der Waals surface area contributed by atoms with Crippen molar-refractivity contribution < 1.29 is 4.74 Å². The van der Waals surface area contributed by atoms with E-state index < -0.39 is 0 Å². The molecule has 1 saturated heterocycles. The third kappa shape index (κ3) is 3.26. The minimum Gasteiger partial charge on any atom is -0.375 e. The molecule has 2 nitrogen and oxygen atoms in total. The maximum Gasteiger partial charge on any atom is 0.0697 e. The van der Waals surface area contributed by atoms with Crippen LogP contribution in [0.1, 0.15) is 69.2 Å². The molecule has 3 heteroatoms. The Morgan fingerprint density at radius 1 is 1.40 bits per heavy atom. The SMILES string of the molecule is CCC(NC1CCOC2(CCCCC2)C1)c1cccs1. The van der Waals surface area contributed by atoms with Crippen LogP contribution >= 0.6 is 11.3 Å². The summed E-state index contributed by atoms with van der Waals surface area (Å²) in [6.45, 7) is 3.23. The van der Waals surface area contributed by atoms with Gasteiger partial charge >= 0.3 is 0 Å². The molecule has 112 valence electrons. The summed E-state index contributed by atoms with van der Waals surface area (Å²) in [5.41, 5.74) is 0.210. The molecule has 1 aromatic rings. The van der Waals surface area contributed by atoms with Crippen molar-refractivity contribution >= 4 is 11.3 Å². The number of thiophene rings is 1. The molecule has 1 saturated carbocycles. The van der Waals surface area contributed by atoms with Gasteiger partial charge in [0.25, 0.3) is 0 Å². The van der Waals surface area contributed by atoms with Crippen molar-refractivity contribution in [1.29, 1.82) is 0 Å². The van der Waals surface area contributed by atoms with Crippen LogP contribution in [0.3, 0.4) is 0 Å². The molecular formula is C17H27NOS. The highest BCUT2D eigenvalue weighted by atomic mass is 32.1. The van der Waals surface area contributed by atoms with E-state index in [1.807, 2.05) is 11.3 Å². The quantitative estimate of drug-likeness (QED) is 0.871. The Labute approximate surface area is 126 Å². The average molecular weight is 293 g/mol. The van der Waals surface area contributed by atoms with Gasteiger partial charge in [0.15, 0.2) is 0 Å². The lowest BCUT2D eigenvalue weighted by Gasteiger charge is -2.44. The average Bonchev–Trinajstić information content (AvgIpc) is 3.00. The molecule has 1 N–H and O–H groups in total. The Kier molecular flexibility index (Phi) is 4.79. The molecule has 2 atom stereocenters. The molecule has 0 bridgehead atoms. The van der Waals surface area contributed by atoms with Crippen molar-refractivity contribution in [3.8, 4) is 0 Å². The summed E-state index contributed by atoms with van der Waals surface area (Å²) >= 11 is 1.88. The van der Waals surface area contributed by atoms with Gasteiger partial charge in [0.2, 0.25) is 0 Å². The van der Waals surface area contributed by atoms with Crippen molar-refractivity contribution in [3.63, 3.8) is 0 Å². The van der Waals surface area contributed by atoms with Gasteiger partial charge in [0, 0.05) is 23.6 Å². The van der Waals surface area contributed by atoms with Gasteiger partial charge in [-0.3, -0.25) is 0 Å². The third-order valence-electron chi connectivity index (χ3n) is 4.99. The molecule has 2 aliphatic rings. The van der Waals surface area contributed by atoms with E-state index in [4.69, 9.17) is 4.74 Å². The highest BCUT2D eigenvalue weighted by Crippen LogP contribution is 2.39. The molecule has 2 unspecified atom stereocenters. The maximum atomic E-state index is 6.21.